The summed E-state index contributed by atoms with van der Waals surface area (Å²) >= 11 is 0. The van der Waals surface area contributed by atoms with Crippen molar-refractivity contribution in [3.63, 3.8) is 0 Å². The molecule has 0 unspecified atom stereocenters. The Morgan fingerprint density at radius 2 is 2.04 bits per heavy atom. The number of anilines is 1. The first kappa shape index (κ1) is 14.1. The molecule has 5 rings (SSSR count). The van der Waals surface area contributed by atoms with Gasteiger partial charge in [0.15, 0.2) is 5.65 Å². The Labute approximate surface area is 143 Å². The minimum atomic E-state index is 0.00855. The molecule has 1 aliphatic rings. The van der Waals surface area contributed by atoms with E-state index in [1.807, 2.05) is 42.5 Å². The molecule has 0 aliphatic heterocycles. The fourth-order valence-corrected chi connectivity index (χ4v) is 2.97. The van der Waals surface area contributed by atoms with E-state index in [-0.39, 0.29) is 11.8 Å². The van der Waals surface area contributed by atoms with Crippen LogP contribution in [0.15, 0.2) is 54.7 Å². The molecule has 0 saturated heterocycles. The van der Waals surface area contributed by atoms with Gasteiger partial charge in [0, 0.05) is 23.1 Å². The topological polar surface area (TPSA) is 72.2 Å². The van der Waals surface area contributed by atoms with Gasteiger partial charge in [-0.05, 0) is 43.2 Å². The first-order chi connectivity index (χ1) is 12.3. The number of amides is 1. The molecule has 3 heterocycles. The van der Waals surface area contributed by atoms with Crippen LogP contribution in [0.4, 0.5) is 5.95 Å². The van der Waals surface area contributed by atoms with Crippen LogP contribution in [-0.4, -0.2) is 25.5 Å². The number of carbonyl (C=O) groups is 1. The van der Waals surface area contributed by atoms with Gasteiger partial charge in [-0.2, -0.15) is 4.98 Å². The molecule has 122 valence electrons. The Morgan fingerprint density at radius 1 is 1.12 bits per heavy atom. The second-order valence-corrected chi connectivity index (χ2v) is 6.29. The number of pyridine rings is 2. The van der Waals surface area contributed by atoms with Crippen molar-refractivity contribution in [1.29, 1.82) is 0 Å². The molecule has 0 spiro atoms. The molecule has 25 heavy (non-hydrogen) atoms. The summed E-state index contributed by atoms with van der Waals surface area (Å²) in [5.74, 6) is 0.486. The fraction of sp³-hybridized carbons (Fsp3) is 0.158. The van der Waals surface area contributed by atoms with Crippen molar-refractivity contribution in [2.24, 2.45) is 5.92 Å². The van der Waals surface area contributed by atoms with Crippen molar-refractivity contribution in [1.82, 2.24) is 19.6 Å². The van der Waals surface area contributed by atoms with Gasteiger partial charge < -0.3 is 0 Å². The van der Waals surface area contributed by atoms with Crippen molar-refractivity contribution < 1.29 is 4.79 Å². The number of fused-ring (bicyclic) bond motifs is 2. The largest absolute Gasteiger partial charge is 0.293 e. The molecule has 0 bridgehead atoms. The molecule has 0 radical (unpaired) electrons. The lowest BCUT2D eigenvalue weighted by Crippen LogP contribution is -2.14. The van der Waals surface area contributed by atoms with Gasteiger partial charge in [0.1, 0.15) is 0 Å². The molecule has 1 N–H and O–H groups in total. The number of benzene rings is 1. The summed E-state index contributed by atoms with van der Waals surface area (Å²) in [5, 5.41) is 8.36. The van der Waals surface area contributed by atoms with E-state index in [9.17, 15) is 4.79 Å². The monoisotopic (exact) mass is 329 g/mol. The van der Waals surface area contributed by atoms with Crippen LogP contribution >= 0.6 is 0 Å². The van der Waals surface area contributed by atoms with Gasteiger partial charge in [-0.1, -0.05) is 18.2 Å². The molecular weight excluding hydrogens is 314 g/mol. The van der Waals surface area contributed by atoms with E-state index in [2.05, 4.69) is 26.4 Å². The molecule has 6 nitrogen and oxygen atoms in total. The standard InChI is InChI=1S/C19H15N5O/c25-18(12-6-7-12)22-19-21-17-5-1-4-16(24(17)23-19)14-8-9-15-13(11-14)3-2-10-20-15/h1-5,8-12H,6-7H2,(H,22,23,25). The van der Waals surface area contributed by atoms with Gasteiger partial charge in [-0.3, -0.25) is 15.1 Å². The zero-order valence-corrected chi connectivity index (χ0v) is 13.4. The minimum Gasteiger partial charge on any atom is -0.293 e. The van der Waals surface area contributed by atoms with Crippen LogP contribution in [0.3, 0.4) is 0 Å². The Balaban J connectivity index is 1.59. The number of hydrogen-bond acceptors (Lipinski definition) is 4. The lowest BCUT2D eigenvalue weighted by atomic mass is 10.1. The van der Waals surface area contributed by atoms with E-state index < -0.39 is 0 Å². The van der Waals surface area contributed by atoms with E-state index in [1.165, 1.54) is 0 Å². The molecule has 4 aromatic rings. The number of carbonyl (C=O) groups excluding carboxylic acids is 1. The maximum Gasteiger partial charge on any atom is 0.249 e. The summed E-state index contributed by atoms with van der Waals surface area (Å²) < 4.78 is 1.76. The van der Waals surface area contributed by atoms with E-state index in [4.69, 9.17) is 0 Å². The van der Waals surface area contributed by atoms with E-state index >= 15 is 0 Å². The van der Waals surface area contributed by atoms with Gasteiger partial charge in [-0.15, -0.1) is 5.10 Å². The number of aromatic nitrogens is 4. The van der Waals surface area contributed by atoms with Gasteiger partial charge in [0.25, 0.3) is 0 Å². The lowest BCUT2D eigenvalue weighted by Gasteiger charge is -2.05. The average molecular weight is 329 g/mol. The fourth-order valence-electron chi connectivity index (χ4n) is 2.97. The summed E-state index contributed by atoms with van der Waals surface area (Å²) in [6.07, 6.45) is 3.69. The van der Waals surface area contributed by atoms with E-state index in [1.54, 1.807) is 10.7 Å². The number of hydrogen-bond donors (Lipinski definition) is 1. The van der Waals surface area contributed by atoms with Gasteiger partial charge in [0.05, 0.1) is 11.2 Å². The van der Waals surface area contributed by atoms with Crippen molar-refractivity contribution in [3.8, 4) is 11.3 Å². The predicted octanol–water partition coefficient (Wildman–Crippen LogP) is 3.29. The van der Waals surface area contributed by atoms with Gasteiger partial charge in [-0.25, -0.2) is 4.52 Å². The highest BCUT2D eigenvalue weighted by Gasteiger charge is 2.30. The van der Waals surface area contributed by atoms with Crippen LogP contribution in [0, 0.1) is 5.92 Å². The maximum absolute atomic E-state index is 11.9. The zero-order chi connectivity index (χ0) is 16.8. The number of nitrogens with one attached hydrogen (secondary N) is 1. The Bertz CT molecular complexity index is 1110. The molecule has 6 heteroatoms. The van der Waals surface area contributed by atoms with Crippen LogP contribution in [0.1, 0.15) is 12.8 Å². The van der Waals surface area contributed by atoms with Crippen LogP contribution in [0.5, 0.6) is 0 Å². The smallest absolute Gasteiger partial charge is 0.249 e. The van der Waals surface area contributed by atoms with Crippen LogP contribution in [0.25, 0.3) is 27.8 Å². The van der Waals surface area contributed by atoms with Crippen molar-refractivity contribution in [3.05, 3.63) is 54.7 Å². The molecule has 1 saturated carbocycles. The normalized spacial score (nSPS) is 14.1. The van der Waals surface area contributed by atoms with Crippen LogP contribution in [-0.2, 0) is 4.79 Å². The second-order valence-electron chi connectivity index (χ2n) is 6.29. The summed E-state index contributed by atoms with van der Waals surface area (Å²) in [7, 11) is 0. The van der Waals surface area contributed by atoms with Crippen molar-refractivity contribution in [2.75, 3.05) is 5.32 Å². The highest BCUT2D eigenvalue weighted by Crippen LogP contribution is 2.30. The number of rotatable bonds is 3. The molecule has 1 fully saturated rings. The summed E-state index contributed by atoms with van der Waals surface area (Å²) in [5.41, 5.74) is 3.60. The Morgan fingerprint density at radius 3 is 2.92 bits per heavy atom. The molecule has 3 aromatic heterocycles. The van der Waals surface area contributed by atoms with Crippen LogP contribution < -0.4 is 5.32 Å². The third-order valence-electron chi connectivity index (χ3n) is 4.44. The number of nitrogens with zero attached hydrogens (tertiary/aromatic N) is 4. The SMILES string of the molecule is O=C(Nc1nc2cccc(-c3ccc4ncccc4c3)n2n1)C1CC1. The maximum atomic E-state index is 11.9. The summed E-state index contributed by atoms with van der Waals surface area (Å²) in [4.78, 5) is 20.7. The molecule has 1 aliphatic carbocycles. The first-order valence-corrected chi connectivity index (χ1v) is 8.30. The molecule has 0 atom stereocenters. The quantitative estimate of drug-likeness (QED) is 0.626. The summed E-state index contributed by atoms with van der Waals surface area (Å²) in [6.45, 7) is 0. The highest BCUT2D eigenvalue weighted by molar-refractivity contribution is 5.92. The molecule has 1 amide bonds. The Kier molecular flexibility index (Phi) is 3.03. The zero-order valence-electron chi connectivity index (χ0n) is 13.4. The third kappa shape index (κ3) is 2.52. The highest BCUT2D eigenvalue weighted by atomic mass is 16.2. The predicted molar refractivity (Wildman–Crippen MR) is 95.1 cm³/mol. The first-order valence-electron chi connectivity index (χ1n) is 8.30. The van der Waals surface area contributed by atoms with Crippen molar-refractivity contribution >= 4 is 28.4 Å². The van der Waals surface area contributed by atoms with Crippen LogP contribution in [0.2, 0.25) is 0 Å². The lowest BCUT2D eigenvalue weighted by molar-refractivity contribution is -0.117. The van der Waals surface area contributed by atoms with E-state index in [0.29, 0.717) is 11.6 Å². The molecular formula is C19H15N5O. The van der Waals surface area contributed by atoms with Gasteiger partial charge >= 0.3 is 0 Å². The second kappa shape index (κ2) is 5.37. The average Bonchev–Trinajstić information content (AvgIpc) is 3.41. The third-order valence-corrected chi connectivity index (χ3v) is 4.44. The van der Waals surface area contributed by atoms with Gasteiger partial charge in [0.2, 0.25) is 11.9 Å². The minimum absolute atomic E-state index is 0.00855. The molecule has 1 aromatic carbocycles. The van der Waals surface area contributed by atoms with E-state index in [0.717, 1.165) is 35.0 Å². The Hall–Kier alpha value is -3.28. The summed E-state index contributed by atoms with van der Waals surface area (Å²) in [6, 6.07) is 15.9. The van der Waals surface area contributed by atoms with Crippen molar-refractivity contribution in [2.45, 2.75) is 12.8 Å².